The van der Waals surface area contributed by atoms with Gasteiger partial charge < -0.3 is 14.5 Å². The molecule has 1 aromatic heterocycles. The number of furan rings is 1. The molecule has 0 atom stereocenters. The molecule has 0 bridgehead atoms. The highest BCUT2D eigenvalue weighted by Gasteiger charge is 2.19. The highest BCUT2D eigenvalue weighted by Crippen LogP contribution is 2.27. The van der Waals surface area contributed by atoms with Gasteiger partial charge in [-0.3, -0.25) is 4.79 Å². The fraction of sp³-hybridized carbons (Fsp3) is 0.190. The number of carbonyl (C=O) groups excluding carboxylic acids is 1. The number of amides is 1. The average molecular weight is 414 g/mol. The summed E-state index contributed by atoms with van der Waals surface area (Å²) in [6, 6.07) is 17.7. The first-order valence-electron chi connectivity index (χ1n) is 8.34. The van der Waals surface area contributed by atoms with Gasteiger partial charge in [-0.15, -0.1) is 0 Å². The first-order valence-corrected chi connectivity index (χ1v) is 9.13. The maximum atomic E-state index is 12.4. The van der Waals surface area contributed by atoms with Crippen LogP contribution in [0.1, 0.15) is 33.0 Å². The largest absolute Gasteiger partial charge is 0.489 e. The van der Waals surface area contributed by atoms with Crippen LogP contribution in [-0.2, 0) is 13.2 Å². The number of ether oxygens (including phenoxy) is 1. The van der Waals surface area contributed by atoms with Crippen LogP contribution in [0.25, 0.3) is 0 Å². The van der Waals surface area contributed by atoms with Gasteiger partial charge in [-0.05, 0) is 53.0 Å². The molecule has 2 aromatic carbocycles. The number of halogens is 1. The monoisotopic (exact) mass is 413 g/mol. The molecule has 0 aliphatic heterocycles. The summed E-state index contributed by atoms with van der Waals surface area (Å²) in [6.45, 7) is 4.57. The Hall–Kier alpha value is -2.53. The molecule has 4 nitrogen and oxygen atoms in total. The van der Waals surface area contributed by atoms with Gasteiger partial charge in [0, 0.05) is 6.54 Å². The Kier molecular flexibility index (Phi) is 5.78. The molecule has 0 fully saturated rings. The van der Waals surface area contributed by atoms with E-state index in [0.29, 0.717) is 34.7 Å². The van der Waals surface area contributed by atoms with Gasteiger partial charge in [0.25, 0.3) is 5.91 Å². The highest BCUT2D eigenvalue weighted by molar-refractivity contribution is 9.10. The lowest BCUT2D eigenvalue weighted by molar-refractivity contribution is 0.0948. The SMILES string of the molecule is Cc1oc(C)c(C(=O)NCc2ccc(COc3ccccc3)cc2)c1Br. The third-order valence-electron chi connectivity index (χ3n) is 4.04. The number of hydrogen-bond acceptors (Lipinski definition) is 3. The van der Waals surface area contributed by atoms with Crippen molar-refractivity contribution in [1.82, 2.24) is 5.32 Å². The van der Waals surface area contributed by atoms with Crippen molar-refractivity contribution < 1.29 is 13.9 Å². The molecule has 5 heteroatoms. The molecule has 1 heterocycles. The molecule has 26 heavy (non-hydrogen) atoms. The fourth-order valence-corrected chi connectivity index (χ4v) is 3.16. The van der Waals surface area contributed by atoms with Crippen LogP contribution in [0, 0.1) is 13.8 Å². The molecule has 0 spiro atoms. The molecule has 0 saturated heterocycles. The second-order valence-electron chi connectivity index (χ2n) is 6.00. The van der Waals surface area contributed by atoms with Crippen molar-refractivity contribution in [3.63, 3.8) is 0 Å². The molecule has 0 aliphatic rings. The molecule has 3 rings (SSSR count). The topological polar surface area (TPSA) is 51.5 Å². The van der Waals surface area contributed by atoms with Crippen LogP contribution in [0.4, 0.5) is 0 Å². The van der Waals surface area contributed by atoms with E-state index in [9.17, 15) is 4.79 Å². The predicted octanol–water partition coefficient (Wildman–Crippen LogP) is 5.17. The first-order chi connectivity index (χ1) is 12.5. The van der Waals surface area contributed by atoms with E-state index in [4.69, 9.17) is 9.15 Å². The lowest BCUT2D eigenvalue weighted by Crippen LogP contribution is -2.23. The van der Waals surface area contributed by atoms with Crippen molar-refractivity contribution in [3.8, 4) is 5.75 Å². The number of para-hydroxylation sites is 1. The van der Waals surface area contributed by atoms with Crippen LogP contribution in [0.3, 0.4) is 0 Å². The number of hydrogen-bond donors (Lipinski definition) is 1. The molecule has 0 aliphatic carbocycles. The first kappa shape index (κ1) is 18.3. The van der Waals surface area contributed by atoms with Crippen molar-refractivity contribution in [2.45, 2.75) is 27.0 Å². The Morgan fingerprint density at radius 3 is 2.27 bits per heavy atom. The van der Waals surface area contributed by atoms with Crippen LogP contribution >= 0.6 is 15.9 Å². The Morgan fingerprint density at radius 1 is 1.00 bits per heavy atom. The minimum atomic E-state index is -0.150. The lowest BCUT2D eigenvalue weighted by Gasteiger charge is -2.08. The summed E-state index contributed by atoms with van der Waals surface area (Å²) in [6.07, 6.45) is 0. The molecule has 0 saturated carbocycles. The molecule has 134 valence electrons. The summed E-state index contributed by atoms with van der Waals surface area (Å²) in [5.74, 6) is 2.01. The summed E-state index contributed by atoms with van der Waals surface area (Å²) in [5, 5.41) is 2.93. The fourth-order valence-electron chi connectivity index (χ4n) is 2.62. The van der Waals surface area contributed by atoms with E-state index < -0.39 is 0 Å². The number of carbonyl (C=O) groups is 1. The van der Waals surface area contributed by atoms with Crippen LogP contribution in [0.15, 0.2) is 63.5 Å². The van der Waals surface area contributed by atoms with Gasteiger partial charge in [-0.1, -0.05) is 42.5 Å². The Balaban J connectivity index is 1.55. The second kappa shape index (κ2) is 8.23. The Labute approximate surface area is 161 Å². The lowest BCUT2D eigenvalue weighted by atomic mass is 10.1. The van der Waals surface area contributed by atoms with E-state index in [1.807, 2.05) is 61.5 Å². The van der Waals surface area contributed by atoms with Crippen molar-refractivity contribution in [2.75, 3.05) is 0 Å². The number of rotatable bonds is 6. The average Bonchev–Trinajstić information content (AvgIpc) is 2.91. The normalized spacial score (nSPS) is 10.6. The maximum absolute atomic E-state index is 12.4. The van der Waals surface area contributed by atoms with Crippen molar-refractivity contribution in [1.29, 1.82) is 0 Å². The van der Waals surface area contributed by atoms with Crippen LogP contribution in [-0.4, -0.2) is 5.91 Å². The number of aryl methyl sites for hydroxylation is 2. The summed E-state index contributed by atoms with van der Waals surface area (Å²) >= 11 is 3.41. The highest BCUT2D eigenvalue weighted by atomic mass is 79.9. The number of benzene rings is 2. The summed E-state index contributed by atoms with van der Waals surface area (Å²) in [4.78, 5) is 12.4. The van der Waals surface area contributed by atoms with Gasteiger partial charge in [0.1, 0.15) is 23.9 Å². The smallest absolute Gasteiger partial charge is 0.256 e. The van der Waals surface area contributed by atoms with Gasteiger partial charge in [0.05, 0.1) is 10.0 Å². The summed E-state index contributed by atoms with van der Waals surface area (Å²) in [7, 11) is 0. The van der Waals surface area contributed by atoms with E-state index in [1.165, 1.54) is 0 Å². The molecule has 1 N–H and O–H groups in total. The Morgan fingerprint density at radius 2 is 1.65 bits per heavy atom. The van der Waals surface area contributed by atoms with E-state index in [0.717, 1.165) is 16.9 Å². The standard InChI is InChI=1S/C21H20BrNO3/c1-14-19(20(22)15(2)26-14)21(24)23-12-16-8-10-17(11-9-16)13-25-18-6-4-3-5-7-18/h3-11H,12-13H2,1-2H3,(H,23,24). The van der Waals surface area contributed by atoms with E-state index >= 15 is 0 Å². The molecule has 1 amide bonds. The van der Waals surface area contributed by atoms with Crippen molar-refractivity contribution in [2.24, 2.45) is 0 Å². The Bertz CT molecular complexity index is 886. The zero-order valence-corrected chi connectivity index (χ0v) is 16.3. The van der Waals surface area contributed by atoms with Gasteiger partial charge >= 0.3 is 0 Å². The summed E-state index contributed by atoms with van der Waals surface area (Å²) in [5.41, 5.74) is 2.65. The maximum Gasteiger partial charge on any atom is 0.256 e. The molecule has 3 aromatic rings. The van der Waals surface area contributed by atoms with Gasteiger partial charge in [-0.2, -0.15) is 0 Å². The molecular weight excluding hydrogens is 394 g/mol. The molecule has 0 unspecified atom stereocenters. The van der Waals surface area contributed by atoms with Crippen LogP contribution in [0.5, 0.6) is 5.75 Å². The van der Waals surface area contributed by atoms with Crippen molar-refractivity contribution >= 4 is 21.8 Å². The minimum absolute atomic E-state index is 0.150. The second-order valence-corrected chi connectivity index (χ2v) is 6.80. The quantitative estimate of drug-likeness (QED) is 0.606. The summed E-state index contributed by atoms with van der Waals surface area (Å²) < 4.78 is 11.9. The number of nitrogens with one attached hydrogen (secondary N) is 1. The molecule has 0 radical (unpaired) electrons. The van der Waals surface area contributed by atoms with Crippen LogP contribution < -0.4 is 10.1 Å². The van der Waals surface area contributed by atoms with Gasteiger partial charge in [0.2, 0.25) is 0 Å². The predicted molar refractivity (Wildman–Crippen MR) is 104 cm³/mol. The van der Waals surface area contributed by atoms with Crippen LogP contribution in [0.2, 0.25) is 0 Å². The zero-order chi connectivity index (χ0) is 18.5. The minimum Gasteiger partial charge on any atom is -0.489 e. The van der Waals surface area contributed by atoms with Crippen molar-refractivity contribution in [3.05, 3.63) is 87.3 Å². The molecular formula is C21H20BrNO3. The third-order valence-corrected chi connectivity index (χ3v) is 4.99. The van der Waals surface area contributed by atoms with Gasteiger partial charge in [-0.25, -0.2) is 0 Å². The van der Waals surface area contributed by atoms with E-state index in [1.54, 1.807) is 6.92 Å². The van der Waals surface area contributed by atoms with E-state index in [2.05, 4.69) is 21.2 Å². The zero-order valence-electron chi connectivity index (χ0n) is 14.7. The third kappa shape index (κ3) is 4.35. The van der Waals surface area contributed by atoms with Gasteiger partial charge in [0.15, 0.2) is 0 Å². The van der Waals surface area contributed by atoms with E-state index in [-0.39, 0.29) is 5.91 Å².